The highest BCUT2D eigenvalue weighted by atomic mass is 35.5. The Kier molecular flexibility index (Phi) is 11.9. The predicted molar refractivity (Wildman–Crippen MR) is 249 cm³/mol. The molecular weight excluding hydrogens is 905 g/mol. The molecule has 0 unspecified atom stereocenters. The number of carbonyl (C=O) groups excluding carboxylic acids is 2. The first-order valence-electron chi connectivity index (χ1n) is 19.9. The molecule has 0 aromatic heterocycles. The molecule has 1 aliphatic carbocycles. The number of aromatic carboxylic acids is 3. The van der Waals surface area contributed by atoms with Crippen molar-refractivity contribution in [3.05, 3.63) is 161 Å². The van der Waals surface area contributed by atoms with Crippen molar-refractivity contribution in [1.82, 2.24) is 10.6 Å². The number of fused-ring (bicyclic) bond motifs is 4. The summed E-state index contributed by atoms with van der Waals surface area (Å²) in [6.45, 7) is 3.14. The number of anilines is 1. The minimum absolute atomic E-state index is 0.0472. The van der Waals surface area contributed by atoms with E-state index in [0.29, 0.717) is 38.5 Å². The maximum atomic E-state index is 13.5. The van der Waals surface area contributed by atoms with Crippen molar-refractivity contribution >= 4 is 81.7 Å². The number of hydrogen-bond donors (Lipinski definition) is 6. The highest BCUT2D eigenvalue weighted by Crippen LogP contribution is 2.45. The summed E-state index contributed by atoms with van der Waals surface area (Å²) in [7, 11) is 3.72. The van der Waals surface area contributed by atoms with Gasteiger partial charge in [0.1, 0.15) is 28.6 Å². The van der Waals surface area contributed by atoms with Crippen molar-refractivity contribution < 1.29 is 53.6 Å². The van der Waals surface area contributed by atoms with Crippen molar-refractivity contribution in [3.8, 4) is 51.5 Å². The number of phenols is 1. The summed E-state index contributed by atoms with van der Waals surface area (Å²) in [6.07, 6.45) is 0. The molecule has 17 heteroatoms. The molecular formula is C50H33Cl2N3O12. The van der Waals surface area contributed by atoms with Crippen LogP contribution in [0, 0.1) is 11.8 Å². The van der Waals surface area contributed by atoms with Crippen LogP contribution in [0.5, 0.6) is 17.2 Å². The molecule has 0 saturated carbocycles. The number of hydrogen-bond acceptors (Lipinski definition) is 10. The zero-order valence-corrected chi connectivity index (χ0v) is 36.6. The van der Waals surface area contributed by atoms with Gasteiger partial charge in [-0.25, -0.2) is 14.4 Å². The minimum Gasteiger partial charge on any atom is -0.508 e. The third-order valence-electron chi connectivity index (χ3n) is 10.9. The van der Waals surface area contributed by atoms with Gasteiger partial charge in [-0.3, -0.25) is 14.4 Å². The van der Waals surface area contributed by atoms with Gasteiger partial charge < -0.3 is 45.1 Å². The van der Waals surface area contributed by atoms with Crippen molar-refractivity contribution in [2.24, 2.45) is 0 Å². The number of aromatic hydroxyl groups is 1. The van der Waals surface area contributed by atoms with Gasteiger partial charge in [-0.15, -0.1) is 0 Å². The van der Waals surface area contributed by atoms with E-state index in [2.05, 4.69) is 29.1 Å². The van der Waals surface area contributed by atoms with Gasteiger partial charge in [-0.2, -0.15) is 0 Å². The summed E-state index contributed by atoms with van der Waals surface area (Å²) in [5, 5.41) is 46.4. The molecule has 0 spiro atoms. The fourth-order valence-electron chi connectivity index (χ4n) is 7.77. The van der Waals surface area contributed by atoms with Crippen LogP contribution in [-0.2, 0) is 11.3 Å². The maximum Gasteiger partial charge on any atom is 0.337 e. The molecule has 5 aromatic carbocycles. The summed E-state index contributed by atoms with van der Waals surface area (Å²) >= 11 is 13.6. The summed E-state index contributed by atoms with van der Waals surface area (Å²) in [4.78, 5) is 78.7. The molecule has 334 valence electrons. The number of nitrogens with one attached hydrogen (secondary N) is 2. The Morgan fingerprint density at radius 2 is 1.51 bits per heavy atom. The molecule has 0 fully saturated rings. The molecule has 2 heterocycles. The van der Waals surface area contributed by atoms with Gasteiger partial charge in [0, 0.05) is 70.3 Å². The lowest BCUT2D eigenvalue weighted by molar-refractivity contribution is -0.115. The van der Waals surface area contributed by atoms with Crippen molar-refractivity contribution in [2.45, 2.75) is 6.54 Å². The number of phenolic OH excluding ortho intramolecular Hbond substituents is 1. The molecule has 8 rings (SSSR count). The van der Waals surface area contributed by atoms with Crippen LogP contribution in [0.3, 0.4) is 0 Å². The average molecular weight is 939 g/mol. The van der Waals surface area contributed by atoms with Gasteiger partial charge in [0.15, 0.2) is 5.43 Å². The van der Waals surface area contributed by atoms with E-state index >= 15 is 0 Å². The Bertz CT molecular complexity index is 3550. The lowest BCUT2D eigenvalue weighted by Crippen LogP contribution is -2.27. The molecule has 0 saturated heterocycles. The standard InChI is InChI=1S/C50H33Cl2N3O12/c1-23-6-10-29-37(17-23)66-38-19-25(55(2)3)8-12-30(38)42(29)43-35(51)21-33(45(52)44(43)50(64)65)47(59)53-16-4-5-40(58)54-22-34-36(57)15-14-31-41(28-13-9-26(56)20-39(28)67-46(31)34)27-11-7-24(48(60)61)18-32(27)49(62)63/h6-15,17-21,56H,1,16,22H2,2-3H3,(H,53,59)(H,54,58)(H,60,61)(H,62,63)(H,64,65). The number of rotatable bonds is 10. The van der Waals surface area contributed by atoms with Crippen LogP contribution in [-0.4, -0.2) is 70.8 Å². The van der Waals surface area contributed by atoms with E-state index in [1.54, 1.807) is 30.3 Å². The first-order valence-corrected chi connectivity index (χ1v) is 20.6. The molecule has 0 atom stereocenters. The van der Waals surface area contributed by atoms with E-state index in [-0.39, 0.29) is 66.6 Å². The van der Waals surface area contributed by atoms with Gasteiger partial charge >= 0.3 is 17.9 Å². The molecule has 0 radical (unpaired) electrons. The molecule has 2 aliphatic heterocycles. The topological polar surface area (TPSA) is 233 Å². The number of carbonyl (C=O) groups is 5. The molecule has 2 amide bonds. The van der Waals surface area contributed by atoms with Crippen LogP contribution >= 0.6 is 23.2 Å². The van der Waals surface area contributed by atoms with Crippen LogP contribution < -0.4 is 36.1 Å². The Labute approximate surface area is 388 Å². The normalized spacial score (nSPS) is 11.4. The largest absolute Gasteiger partial charge is 0.508 e. The summed E-state index contributed by atoms with van der Waals surface area (Å²) in [6, 6.07) is 22.1. The van der Waals surface area contributed by atoms with E-state index in [4.69, 9.17) is 32.4 Å². The van der Waals surface area contributed by atoms with Gasteiger partial charge in [0.2, 0.25) is 0 Å². The third-order valence-corrected chi connectivity index (χ3v) is 11.6. The van der Waals surface area contributed by atoms with E-state index in [1.807, 2.05) is 25.1 Å². The molecule has 6 N–H and O–H groups in total. The quantitative estimate of drug-likeness (QED) is 0.0632. The first kappa shape index (κ1) is 45.0. The second kappa shape index (κ2) is 17.8. The number of amides is 2. The van der Waals surface area contributed by atoms with Gasteiger partial charge in [0.25, 0.3) is 11.8 Å². The Morgan fingerprint density at radius 1 is 0.761 bits per heavy atom. The van der Waals surface area contributed by atoms with Crippen molar-refractivity contribution in [3.63, 3.8) is 0 Å². The summed E-state index contributed by atoms with van der Waals surface area (Å²) in [5.41, 5.74) is 0.454. The highest BCUT2D eigenvalue weighted by Gasteiger charge is 2.31. The van der Waals surface area contributed by atoms with Gasteiger partial charge in [-0.05, 0) is 77.4 Å². The SMILES string of the molecule is C=c1ccc2c(c1)Oc1cc(N(C)C)ccc1C=2c1c(Cl)cc(C(=O)NCC#CC(=O)NCc2c3oc4cc(O)ccc4c(-c4ccc(C(=O)O)cc4C(=O)O)c-3ccc2=O)c(Cl)c1C(=O)O. The van der Waals surface area contributed by atoms with Gasteiger partial charge in [0.05, 0.1) is 51.0 Å². The molecule has 15 nitrogen and oxygen atoms in total. The molecule has 5 aromatic rings. The number of carboxylic acid groups (broad SMARTS) is 3. The fraction of sp³-hybridized carbons (Fsp3) is 0.0800. The third kappa shape index (κ3) is 8.46. The minimum atomic E-state index is -1.46. The molecule has 67 heavy (non-hydrogen) atoms. The predicted octanol–water partition coefficient (Wildman–Crippen LogP) is 6.55. The zero-order valence-electron chi connectivity index (χ0n) is 35.0. The fourth-order valence-corrected chi connectivity index (χ4v) is 8.39. The highest BCUT2D eigenvalue weighted by molar-refractivity contribution is 6.40. The Balaban J connectivity index is 1.05. The van der Waals surface area contributed by atoms with E-state index in [9.17, 15) is 49.2 Å². The number of carboxylic acids is 3. The van der Waals surface area contributed by atoms with Crippen LogP contribution in [0.25, 0.3) is 45.6 Å². The lowest BCUT2D eigenvalue weighted by atomic mass is 9.88. The molecule has 0 bridgehead atoms. The second-order valence-electron chi connectivity index (χ2n) is 15.3. The Morgan fingerprint density at radius 3 is 2.22 bits per heavy atom. The van der Waals surface area contributed by atoms with Crippen molar-refractivity contribution in [1.29, 1.82) is 0 Å². The number of benzene rings is 6. The maximum absolute atomic E-state index is 13.5. The van der Waals surface area contributed by atoms with Crippen LogP contribution in [0.15, 0.2) is 100 Å². The average Bonchev–Trinajstić information content (AvgIpc) is 3.28. The number of nitrogens with zero attached hydrogens (tertiary/aromatic N) is 1. The van der Waals surface area contributed by atoms with Crippen LogP contribution in [0.2, 0.25) is 10.0 Å². The van der Waals surface area contributed by atoms with E-state index in [1.165, 1.54) is 48.5 Å². The number of ether oxygens (including phenoxy) is 1. The summed E-state index contributed by atoms with van der Waals surface area (Å²) in [5.74, 6) is -0.591. The molecule has 3 aliphatic rings. The van der Waals surface area contributed by atoms with Crippen LogP contribution in [0.4, 0.5) is 5.69 Å². The van der Waals surface area contributed by atoms with Gasteiger partial charge in [-0.1, -0.05) is 53.9 Å². The van der Waals surface area contributed by atoms with Crippen LogP contribution in [0.1, 0.15) is 58.1 Å². The monoisotopic (exact) mass is 937 g/mol. The smallest absolute Gasteiger partial charge is 0.337 e. The Hall–Kier alpha value is -8.58. The van der Waals surface area contributed by atoms with Crippen molar-refractivity contribution in [2.75, 3.05) is 25.5 Å². The first-order chi connectivity index (χ1) is 31.9. The van der Waals surface area contributed by atoms with E-state index < -0.39 is 58.8 Å². The number of halogens is 2. The summed E-state index contributed by atoms with van der Waals surface area (Å²) < 4.78 is 12.3. The van der Waals surface area contributed by atoms with E-state index in [0.717, 1.165) is 11.8 Å². The zero-order chi connectivity index (χ0) is 48.0. The second-order valence-corrected chi connectivity index (χ2v) is 16.1. The lowest BCUT2D eigenvalue weighted by Gasteiger charge is -2.25.